The molecule has 0 spiro atoms. The summed E-state index contributed by atoms with van der Waals surface area (Å²) in [5.41, 5.74) is 9.80. The summed E-state index contributed by atoms with van der Waals surface area (Å²) in [6, 6.07) is 6.77. The molecule has 2 N–H and O–H groups in total. The van der Waals surface area contributed by atoms with Crippen LogP contribution in [0.15, 0.2) is 24.3 Å². The first-order valence-corrected chi connectivity index (χ1v) is 5.38. The van der Waals surface area contributed by atoms with E-state index in [0.717, 1.165) is 0 Å². The molecule has 0 heterocycles. The Bertz CT molecular complexity index is 339. The fraction of sp³-hybridized carbons (Fsp3) is 0.385. The summed E-state index contributed by atoms with van der Waals surface area (Å²) in [5.74, 6) is 0. The predicted octanol–water partition coefficient (Wildman–Crippen LogP) is 2.54. The maximum atomic E-state index is 5.43. The first-order valence-electron chi connectivity index (χ1n) is 5.38. The van der Waals surface area contributed by atoms with Crippen LogP contribution in [0.2, 0.25) is 0 Å². The zero-order valence-electron chi connectivity index (χ0n) is 8.50. The Labute approximate surface area is 85.6 Å². The minimum absolute atomic E-state index is 0.622. The highest BCUT2D eigenvalue weighted by atomic mass is 14.5. The highest BCUT2D eigenvalue weighted by Crippen LogP contribution is 2.22. The fourth-order valence-corrected chi connectivity index (χ4v) is 2.06. The van der Waals surface area contributed by atoms with Crippen LogP contribution in [0, 0.1) is 0 Å². The van der Waals surface area contributed by atoms with Crippen LogP contribution in [0.3, 0.4) is 0 Å². The van der Waals surface area contributed by atoms with Crippen LogP contribution < -0.4 is 5.73 Å². The number of aryl methyl sites for hydroxylation is 2. The molecular formula is C13H17N. The van der Waals surface area contributed by atoms with Crippen molar-refractivity contribution in [2.45, 2.75) is 25.7 Å². The van der Waals surface area contributed by atoms with E-state index in [1.165, 1.54) is 36.8 Å². The normalized spacial score (nSPS) is 15.8. The Morgan fingerprint density at radius 2 is 1.93 bits per heavy atom. The number of fused-ring (bicyclic) bond motifs is 1. The van der Waals surface area contributed by atoms with Gasteiger partial charge in [0, 0.05) is 6.54 Å². The molecule has 0 radical (unpaired) electrons. The molecular weight excluding hydrogens is 170 g/mol. The molecule has 0 saturated heterocycles. The molecule has 1 heteroatoms. The summed E-state index contributed by atoms with van der Waals surface area (Å²) in [6.45, 7) is 0.622. The second-order valence-corrected chi connectivity index (χ2v) is 3.87. The second-order valence-electron chi connectivity index (χ2n) is 3.87. The molecule has 0 aromatic heterocycles. The number of benzene rings is 1. The van der Waals surface area contributed by atoms with Gasteiger partial charge in [0.1, 0.15) is 0 Å². The summed E-state index contributed by atoms with van der Waals surface area (Å²) < 4.78 is 0. The summed E-state index contributed by atoms with van der Waals surface area (Å²) >= 11 is 0. The lowest BCUT2D eigenvalue weighted by molar-refractivity contribution is 0.685. The third-order valence-electron chi connectivity index (χ3n) is 2.82. The monoisotopic (exact) mass is 187 g/mol. The molecule has 14 heavy (non-hydrogen) atoms. The van der Waals surface area contributed by atoms with E-state index in [1.807, 2.05) is 6.08 Å². The maximum absolute atomic E-state index is 5.43. The van der Waals surface area contributed by atoms with Gasteiger partial charge in [-0.15, -0.1) is 0 Å². The largest absolute Gasteiger partial charge is 0.327 e. The van der Waals surface area contributed by atoms with Gasteiger partial charge in [0.25, 0.3) is 0 Å². The summed E-state index contributed by atoms with van der Waals surface area (Å²) in [7, 11) is 0. The quantitative estimate of drug-likeness (QED) is 0.756. The van der Waals surface area contributed by atoms with E-state index in [1.54, 1.807) is 5.56 Å². The zero-order valence-corrected chi connectivity index (χ0v) is 8.50. The van der Waals surface area contributed by atoms with Gasteiger partial charge in [-0.3, -0.25) is 0 Å². The van der Waals surface area contributed by atoms with Gasteiger partial charge in [-0.05, 0) is 42.4 Å². The minimum atomic E-state index is 0.622. The number of hydrogen-bond acceptors (Lipinski definition) is 1. The number of rotatable bonds is 2. The third kappa shape index (κ3) is 2.05. The van der Waals surface area contributed by atoms with Gasteiger partial charge in [-0.25, -0.2) is 0 Å². The van der Waals surface area contributed by atoms with Crippen LogP contribution in [-0.4, -0.2) is 6.54 Å². The van der Waals surface area contributed by atoms with Crippen molar-refractivity contribution in [1.82, 2.24) is 0 Å². The van der Waals surface area contributed by atoms with Crippen molar-refractivity contribution in [3.63, 3.8) is 0 Å². The van der Waals surface area contributed by atoms with Crippen LogP contribution in [0.1, 0.15) is 29.5 Å². The van der Waals surface area contributed by atoms with Crippen molar-refractivity contribution >= 4 is 6.08 Å². The van der Waals surface area contributed by atoms with Crippen LogP contribution in [-0.2, 0) is 12.8 Å². The van der Waals surface area contributed by atoms with E-state index in [9.17, 15) is 0 Å². The van der Waals surface area contributed by atoms with Crippen molar-refractivity contribution in [3.8, 4) is 0 Å². The molecule has 1 aromatic rings. The Hall–Kier alpha value is -1.08. The Balaban J connectivity index is 2.24. The van der Waals surface area contributed by atoms with Crippen LogP contribution >= 0.6 is 0 Å². The predicted molar refractivity (Wildman–Crippen MR) is 61.2 cm³/mol. The summed E-state index contributed by atoms with van der Waals surface area (Å²) in [4.78, 5) is 0. The minimum Gasteiger partial charge on any atom is -0.327 e. The fourth-order valence-electron chi connectivity index (χ4n) is 2.06. The zero-order chi connectivity index (χ0) is 9.80. The molecule has 0 unspecified atom stereocenters. The van der Waals surface area contributed by atoms with E-state index in [-0.39, 0.29) is 0 Å². The van der Waals surface area contributed by atoms with E-state index >= 15 is 0 Å². The van der Waals surface area contributed by atoms with E-state index in [0.29, 0.717) is 6.54 Å². The van der Waals surface area contributed by atoms with Gasteiger partial charge >= 0.3 is 0 Å². The molecule has 0 amide bonds. The molecule has 1 aromatic carbocycles. The molecule has 74 valence electrons. The molecule has 0 saturated carbocycles. The molecule has 0 atom stereocenters. The molecule has 2 rings (SSSR count). The van der Waals surface area contributed by atoms with Gasteiger partial charge in [0.2, 0.25) is 0 Å². The topological polar surface area (TPSA) is 26.0 Å². The van der Waals surface area contributed by atoms with Gasteiger partial charge in [-0.1, -0.05) is 30.4 Å². The summed E-state index contributed by atoms with van der Waals surface area (Å²) in [5, 5.41) is 0. The Morgan fingerprint density at radius 3 is 2.71 bits per heavy atom. The lowest BCUT2D eigenvalue weighted by Gasteiger charge is -2.15. The molecule has 1 aliphatic carbocycles. The van der Waals surface area contributed by atoms with E-state index < -0.39 is 0 Å². The van der Waals surface area contributed by atoms with E-state index in [2.05, 4.69) is 24.3 Å². The van der Waals surface area contributed by atoms with Crippen molar-refractivity contribution < 1.29 is 0 Å². The van der Waals surface area contributed by atoms with Crippen molar-refractivity contribution in [2.75, 3.05) is 6.54 Å². The maximum Gasteiger partial charge on any atom is 0.0110 e. The van der Waals surface area contributed by atoms with Crippen molar-refractivity contribution in [3.05, 3.63) is 41.0 Å². The van der Waals surface area contributed by atoms with Crippen molar-refractivity contribution in [2.24, 2.45) is 5.73 Å². The first kappa shape index (κ1) is 9.47. The SMILES string of the molecule is NC/C=C/c1ccc2c(c1)CCCC2. The lowest BCUT2D eigenvalue weighted by Crippen LogP contribution is -2.02. The standard InChI is InChI=1S/C13H17N/c14-9-3-4-11-7-8-12-5-1-2-6-13(12)10-11/h3-4,7-8,10H,1-2,5-6,9,14H2/b4-3+. The van der Waals surface area contributed by atoms with Gasteiger partial charge in [0.05, 0.1) is 0 Å². The summed E-state index contributed by atoms with van der Waals surface area (Å²) in [6.07, 6.45) is 9.32. The van der Waals surface area contributed by atoms with Gasteiger partial charge in [-0.2, -0.15) is 0 Å². The highest BCUT2D eigenvalue weighted by molar-refractivity contribution is 5.52. The highest BCUT2D eigenvalue weighted by Gasteiger charge is 2.08. The average Bonchev–Trinajstić information content (AvgIpc) is 2.26. The third-order valence-corrected chi connectivity index (χ3v) is 2.82. The van der Waals surface area contributed by atoms with Crippen molar-refractivity contribution in [1.29, 1.82) is 0 Å². The Kier molecular flexibility index (Phi) is 3.00. The van der Waals surface area contributed by atoms with E-state index in [4.69, 9.17) is 5.73 Å². The number of hydrogen-bond donors (Lipinski definition) is 1. The van der Waals surface area contributed by atoms with Crippen LogP contribution in [0.5, 0.6) is 0 Å². The smallest absolute Gasteiger partial charge is 0.0110 e. The molecule has 0 bridgehead atoms. The first-order chi connectivity index (χ1) is 6.90. The molecule has 1 aliphatic rings. The van der Waals surface area contributed by atoms with Gasteiger partial charge in [0.15, 0.2) is 0 Å². The van der Waals surface area contributed by atoms with Crippen LogP contribution in [0.4, 0.5) is 0 Å². The second kappa shape index (κ2) is 4.43. The lowest BCUT2D eigenvalue weighted by atomic mass is 9.90. The molecule has 1 nitrogen and oxygen atoms in total. The average molecular weight is 187 g/mol. The van der Waals surface area contributed by atoms with Gasteiger partial charge < -0.3 is 5.73 Å². The molecule has 0 aliphatic heterocycles. The molecule has 0 fully saturated rings. The van der Waals surface area contributed by atoms with Crippen LogP contribution in [0.25, 0.3) is 6.08 Å². The number of nitrogens with two attached hydrogens (primary N) is 1. The Morgan fingerprint density at radius 1 is 1.14 bits per heavy atom.